The normalized spacial score (nSPS) is 11.8. The number of pyridine rings is 1. The van der Waals surface area contributed by atoms with E-state index in [1.165, 1.54) is 0 Å². The van der Waals surface area contributed by atoms with Crippen molar-refractivity contribution in [1.82, 2.24) is 15.2 Å². The van der Waals surface area contributed by atoms with Crippen LogP contribution >= 0.6 is 0 Å². The van der Waals surface area contributed by atoms with E-state index in [1.807, 2.05) is 0 Å². The first-order valence-electron chi connectivity index (χ1n) is 3.83. The molecule has 2 aromatic heterocycles. The van der Waals surface area contributed by atoms with Gasteiger partial charge < -0.3 is 0 Å². The van der Waals surface area contributed by atoms with E-state index in [2.05, 4.69) is 19.9 Å². The SMILES string of the molecule is CS(=O)(=O)Nc1n[nH]c2ncccc12. The van der Waals surface area contributed by atoms with Crippen molar-refractivity contribution in [2.24, 2.45) is 0 Å². The van der Waals surface area contributed by atoms with Crippen molar-refractivity contribution in [3.8, 4) is 0 Å². The first-order valence-corrected chi connectivity index (χ1v) is 5.72. The molecular formula is C7H8N4O2S. The largest absolute Gasteiger partial charge is 0.266 e. The molecular weight excluding hydrogens is 204 g/mol. The number of hydrogen-bond acceptors (Lipinski definition) is 4. The Bertz CT molecular complexity index is 560. The number of nitrogens with one attached hydrogen (secondary N) is 2. The molecule has 0 aromatic carbocycles. The van der Waals surface area contributed by atoms with E-state index in [9.17, 15) is 8.42 Å². The third-order valence-corrected chi connectivity index (χ3v) is 2.18. The maximum atomic E-state index is 11.0. The summed E-state index contributed by atoms with van der Waals surface area (Å²) in [6.45, 7) is 0. The van der Waals surface area contributed by atoms with Crippen LogP contribution in [0.3, 0.4) is 0 Å². The van der Waals surface area contributed by atoms with Gasteiger partial charge >= 0.3 is 0 Å². The molecule has 0 bridgehead atoms. The van der Waals surface area contributed by atoms with Gasteiger partial charge in [-0.1, -0.05) is 0 Å². The quantitative estimate of drug-likeness (QED) is 0.750. The minimum absolute atomic E-state index is 0.274. The summed E-state index contributed by atoms with van der Waals surface area (Å²) in [5.74, 6) is 0.274. The Morgan fingerprint density at radius 1 is 1.50 bits per heavy atom. The molecule has 0 fully saturated rings. The van der Waals surface area contributed by atoms with Crippen LogP contribution in [0, 0.1) is 0 Å². The summed E-state index contributed by atoms with van der Waals surface area (Å²) < 4.78 is 24.2. The van der Waals surface area contributed by atoms with Crippen LogP contribution in [0.25, 0.3) is 11.0 Å². The molecule has 0 saturated carbocycles. The minimum atomic E-state index is -3.30. The molecule has 0 aliphatic heterocycles. The Hall–Kier alpha value is -1.63. The minimum Gasteiger partial charge on any atom is -0.266 e. The lowest BCUT2D eigenvalue weighted by Crippen LogP contribution is -2.09. The van der Waals surface area contributed by atoms with E-state index in [-0.39, 0.29) is 5.82 Å². The molecule has 2 aromatic rings. The number of aromatic nitrogens is 3. The number of H-pyrrole nitrogens is 1. The number of rotatable bonds is 2. The van der Waals surface area contributed by atoms with Crippen LogP contribution in [0.1, 0.15) is 0 Å². The lowest BCUT2D eigenvalue weighted by Gasteiger charge is -1.98. The van der Waals surface area contributed by atoms with Crippen LogP contribution < -0.4 is 4.72 Å². The number of aromatic amines is 1. The van der Waals surface area contributed by atoms with E-state index in [0.29, 0.717) is 11.0 Å². The van der Waals surface area contributed by atoms with Crippen molar-refractivity contribution in [3.63, 3.8) is 0 Å². The van der Waals surface area contributed by atoms with Crippen LogP contribution in [0.4, 0.5) is 5.82 Å². The molecule has 2 N–H and O–H groups in total. The monoisotopic (exact) mass is 212 g/mol. The third-order valence-electron chi connectivity index (χ3n) is 1.62. The van der Waals surface area contributed by atoms with Crippen molar-refractivity contribution in [3.05, 3.63) is 18.3 Å². The van der Waals surface area contributed by atoms with Crippen molar-refractivity contribution < 1.29 is 8.42 Å². The molecule has 74 valence electrons. The maximum Gasteiger partial charge on any atom is 0.231 e. The summed E-state index contributed by atoms with van der Waals surface area (Å²) in [5.41, 5.74) is 0.554. The zero-order valence-corrected chi connectivity index (χ0v) is 8.17. The second-order valence-corrected chi connectivity index (χ2v) is 4.59. The lowest BCUT2D eigenvalue weighted by molar-refractivity contribution is 0.606. The molecule has 0 atom stereocenters. The van der Waals surface area contributed by atoms with Crippen molar-refractivity contribution in [2.45, 2.75) is 0 Å². The zero-order chi connectivity index (χ0) is 10.2. The number of sulfonamides is 1. The molecule has 0 aliphatic carbocycles. The average Bonchev–Trinajstić information content (AvgIpc) is 2.47. The highest BCUT2D eigenvalue weighted by Gasteiger charge is 2.09. The van der Waals surface area contributed by atoms with Gasteiger partial charge in [0.1, 0.15) is 0 Å². The van der Waals surface area contributed by atoms with Crippen molar-refractivity contribution >= 4 is 26.9 Å². The first kappa shape index (κ1) is 8.95. The van der Waals surface area contributed by atoms with Gasteiger partial charge in [0.2, 0.25) is 10.0 Å². The van der Waals surface area contributed by atoms with E-state index in [0.717, 1.165) is 6.26 Å². The number of fused-ring (bicyclic) bond motifs is 1. The molecule has 7 heteroatoms. The first-order chi connectivity index (χ1) is 6.56. The fraction of sp³-hybridized carbons (Fsp3) is 0.143. The Morgan fingerprint density at radius 3 is 3.00 bits per heavy atom. The van der Waals surface area contributed by atoms with Gasteiger partial charge in [-0.15, -0.1) is 0 Å². The lowest BCUT2D eigenvalue weighted by atomic mass is 10.3. The summed E-state index contributed by atoms with van der Waals surface area (Å²) >= 11 is 0. The smallest absolute Gasteiger partial charge is 0.231 e. The van der Waals surface area contributed by atoms with Gasteiger partial charge in [-0.25, -0.2) is 13.4 Å². The fourth-order valence-corrected chi connectivity index (χ4v) is 1.61. The number of hydrogen-bond donors (Lipinski definition) is 2. The summed E-state index contributed by atoms with van der Waals surface area (Å²) in [6, 6.07) is 3.45. The summed E-state index contributed by atoms with van der Waals surface area (Å²) in [7, 11) is -3.30. The highest BCUT2D eigenvalue weighted by molar-refractivity contribution is 7.92. The fourth-order valence-electron chi connectivity index (χ4n) is 1.11. The highest BCUT2D eigenvalue weighted by atomic mass is 32.2. The Labute approximate surface area is 80.4 Å². The molecule has 0 radical (unpaired) electrons. The van der Waals surface area contributed by atoms with Crippen LogP contribution in [0.15, 0.2) is 18.3 Å². The summed E-state index contributed by atoms with van der Waals surface area (Å²) in [4.78, 5) is 3.98. The molecule has 0 amide bonds. The predicted octanol–water partition coefficient (Wildman–Crippen LogP) is 0.329. The van der Waals surface area contributed by atoms with Gasteiger partial charge in [0.25, 0.3) is 0 Å². The van der Waals surface area contributed by atoms with Crippen LogP contribution in [-0.4, -0.2) is 29.9 Å². The molecule has 0 saturated heterocycles. The molecule has 0 unspecified atom stereocenters. The van der Waals surface area contributed by atoms with Crippen LogP contribution in [0.2, 0.25) is 0 Å². The average molecular weight is 212 g/mol. The molecule has 0 spiro atoms. The van der Waals surface area contributed by atoms with Gasteiger partial charge in [-0.2, -0.15) is 5.10 Å². The molecule has 2 heterocycles. The van der Waals surface area contributed by atoms with E-state index in [1.54, 1.807) is 18.3 Å². The Balaban J connectivity index is 2.54. The van der Waals surface area contributed by atoms with Gasteiger partial charge in [-0.05, 0) is 12.1 Å². The van der Waals surface area contributed by atoms with Crippen molar-refractivity contribution in [2.75, 3.05) is 11.0 Å². The predicted molar refractivity (Wildman–Crippen MR) is 52.4 cm³/mol. The van der Waals surface area contributed by atoms with Gasteiger partial charge in [0.15, 0.2) is 11.5 Å². The highest BCUT2D eigenvalue weighted by Crippen LogP contribution is 2.17. The van der Waals surface area contributed by atoms with Crippen LogP contribution in [-0.2, 0) is 10.0 Å². The van der Waals surface area contributed by atoms with E-state index in [4.69, 9.17) is 0 Å². The molecule has 6 nitrogen and oxygen atoms in total. The van der Waals surface area contributed by atoms with Crippen LogP contribution in [0.5, 0.6) is 0 Å². The second kappa shape index (κ2) is 2.95. The number of nitrogens with zero attached hydrogens (tertiary/aromatic N) is 2. The Kier molecular flexibility index (Phi) is 1.88. The third kappa shape index (κ3) is 1.67. The van der Waals surface area contributed by atoms with Gasteiger partial charge in [0, 0.05) is 6.20 Å². The van der Waals surface area contributed by atoms with E-state index < -0.39 is 10.0 Å². The standard InChI is InChI=1S/C7H8N4O2S/c1-14(12,13)11-7-5-3-2-4-8-6(5)9-10-7/h2-4H,1H3,(H2,8,9,10,11). The number of anilines is 1. The van der Waals surface area contributed by atoms with Crippen molar-refractivity contribution in [1.29, 1.82) is 0 Å². The van der Waals surface area contributed by atoms with Gasteiger partial charge in [0.05, 0.1) is 11.6 Å². The Morgan fingerprint density at radius 2 is 2.29 bits per heavy atom. The summed E-state index contributed by atoms with van der Waals surface area (Å²) in [5, 5.41) is 7.08. The molecule has 14 heavy (non-hydrogen) atoms. The topological polar surface area (TPSA) is 87.7 Å². The second-order valence-electron chi connectivity index (χ2n) is 2.85. The molecule has 0 aliphatic rings. The summed E-state index contributed by atoms with van der Waals surface area (Å²) in [6.07, 6.45) is 2.68. The maximum absolute atomic E-state index is 11.0. The molecule has 2 rings (SSSR count). The van der Waals surface area contributed by atoms with Gasteiger partial charge in [-0.3, -0.25) is 9.82 Å². The van der Waals surface area contributed by atoms with E-state index >= 15 is 0 Å². The zero-order valence-electron chi connectivity index (χ0n) is 7.35.